The Kier molecular flexibility index (Phi) is 5.29. The van der Waals surface area contributed by atoms with Gasteiger partial charge in [0, 0.05) is 12.0 Å². The summed E-state index contributed by atoms with van der Waals surface area (Å²) >= 11 is 1.19. The molecule has 0 spiro atoms. The molecule has 0 saturated carbocycles. The van der Waals surface area contributed by atoms with E-state index >= 15 is 0 Å². The zero-order valence-corrected chi connectivity index (χ0v) is 14.0. The lowest BCUT2D eigenvalue weighted by Crippen LogP contribution is -2.45. The standard InChI is InChI=1S/C16H19F2NO3S/c1-16(2,3)22-15(21)19-13-7-10(20)8-23-14(13)11-6-9(17)4-5-12(11)18/h4-6,13-14H,7-8H2,1-3H3,(H,19,21)/t13-,14+/m1/s1. The second kappa shape index (κ2) is 6.86. The molecule has 2 rings (SSSR count). The number of rotatable bonds is 2. The van der Waals surface area contributed by atoms with E-state index in [1.54, 1.807) is 20.8 Å². The molecule has 4 nitrogen and oxygen atoms in total. The number of halogens is 2. The number of carbonyl (C=O) groups excluding carboxylic acids is 2. The number of ether oxygens (including phenoxy) is 1. The number of carbonyl (C=O) groups is 2. The molecule has 1 saturated heterocycles. The minimum Gasteiger partial charge on any atom is -0.444 e. The second-order valence-corrected chi connectivity index (χ2v) is 7.52. The molecule has 7 heteroatoms. The van der Waals surface area contributed by atoms with E-state index in [1.807, 2.05) is 0 Å². The van der Waals surface area contributed by atoms with E-state index < -0.39 is 34.6 Å². The molecular weight excluding hydrogens is 324 g/mol. The summed E-state index contributed by atoms with van der Waals surface area (Å²) in [4.78, 5) is 23.6. The molecule has 23 heavy (non-hydrogen) atoms. The molecule has 1 aliphatic rings. The number of benzene rings is 1. The van der Waals surface area contributed by atoms with Crippen molar-refractivity contribution in [3.8, 4) is 0 Å². The number of Topliss-reactive ketones (excluding diaryl/α,β-unsaturated/α-hetero) is 1. The zero-order valence-electron chi connectivity index (χ0n) is 13.2. The molecule has 126 valence electrons. The first kappa shape index (κ1) is 17.7. The third-order valence-corrected chi connectivity index (χ3v) is 4.63. The van der Waals surface area contributed by atoms with Crippen LogP contribution in [0.25, 0.3) is 0 Å². The number of alkyl carbamates (subject to hydrolysis) is 1. The maximum atomic E-state index is 14.0. The van der Waals surface area contributed by atoms with Crippen molar-refractivity contribution in [3.05, 3.63) is 35.4 Å². The Bertz CT molecular complexity index is 616. The fourth-order valence-corrected chi connectivity index (χ4v) is 3.58. The van der Waals surface area contributed by atoms with Crippen molar-refractivity contribution in [2.45, 2.75) is 44.1 Å². The van der Waals surface area contributed by atoms with Crippen molar-refractivity contribution in [2.24, 2.45) is 0 Å². The molecule has 0 unspecified atom stereocenters. The first-order valence-electron chi connectivity index (χ1n) is 7.23. The average Bonchev–Trinajstić information content (AvgIpc) is 2.40. The summed E-state index contributed by atoms with van der Waals surface area (Å²) in [5.74, 6) is -0.971. The second-order valence-electron chi connectivity index (χ2n) is 6.39. The van der Waals surface area contributed by atoms with Crippen molar-refractivity contribution in [2.75, 3.05) is 5.75 Å². The Morgan fingerprint density at radius 3 is 2.70 bits per heavy atom. The van der Waals surface area contributed by atoms with Gasteiger partial charge >= 0.3 is 6.09 Å². The molecule has 0 aliphatic carbocycles. The molecule has 1 amide bonds. The van der Waals surface area contributed by atoms with Crippen LogP contribution in [0, 0.1) is 11.6 Å². The predicted molar refractivity (Wildman–Crippen MR) is 84.3 cm³/mol. The maximum absolute atomic E-state index is 14.0. The number of hydrogen-bond acceptors (Lipinski definition) is 4. The van der Waals surface area contributed by atoms with E-state index in [0.29, 0.717) is 0 Å². The van der Waals surface area contributed by atoms with Crippen LogP contribution in [0.5, 0.6) is 0 Å². The quantitative estimate of drug-likeness (QED) is 0.891. The minimum atomic E-state index is -0.685. The fraction of sp³-hybridized carbons (Fsp3) is 0.500. The summed E-state index contributed by atoms with van der Waals surface area (Å²) in [7, 11) is 0. The fourth-order valence-electron chi connectivity index (χ4n) is 2.33. The lowest BCUT2D eigenvalue weighted by molar-refractivity contribution is -0.117. The van der Waals surface area contributed by atoms with Crippen LogP contribution in [0.3, 0.4) is 0 Å². The van der Waals surface area contributed by atoms with Gasteiger partial charge in [0.05, 0.1) is 17.0 Å². The van der Waals surface area contributed by atoms with Crippen LogP contribution in [0.1, 0.15) is 38.0 Å². The first-order valence-corrected chi connectivity index (χ1v) is 8.28. The number of ketones is 1. The van der Waals surface area contributed by atoms with Crippen molar-refractivity contribution in [3.63, 3.8) is 0 Å². The Labute approximate surface area is 138 Å². The number of hydrogen-bond donors (Lipinski definition) is 1. The maximum Gasteiger partial charge on any atom is 0.407 e. The largest absolute Gasteiger partial charge is 0.444 e. The lowest BCUT2D eigenvalue weighted by Gasteiger charge is -2.32. The smallest absolute Gasteiger partial charge is 0.407 e. The van der Waals surface area contributed by atoms with Gasteiger partial charge in [-0.3, -0.25) is 4.79 Å². The molecular formula is C16H19F2NO3S. The summed E-state index contributed by atoms with van der Waals surface area (Å²) in [5.41, 5.74) is -0.543. The van der Waals surface area contributed by atoms with Crippen molar-refractivity contribution in [1.82, 2.24) is 5.32 Å². The number of amides is 1. The molecule has 1 N–H and O–H groups in total. The van der Waals surface area contributed by atoms with Crippen molar-refractivity contribution < 1.29 is 23.1 Å². The third kappa shape index (κ3) is 4.92. The van der Waals surface area contributed by atoms with Crippen LogP contribution in [0.2, 0.25) is 0 Å². The molecule has 0 aromatic heterocycles. The highest BCUT2D eigenvalue weighted by molar-refractivity contribution is 8.00. The molecule has 1 aliphatic heterocycles. The van der Waals surface area contributed by atoms with Crippen LogP contribution in [0.15, 0.2) is 18.2 Å². The van der Waals surface area contributed by atoms with Gasteiger partial charge in [-0.05, 0) is 39.0 Å². The van der Waals surface area contributed by atoms with Crippen molar-refractivity contribution >= 4 is 23.6 Å². The summed E-state index contributed by atoms with van der Waals surface area (Å²) in [6.45, 7) is 5.16. The molecule has 1 heterocycles. The van der Waals surface area contributed by atoms with Gasteiger partial charge in [0.25, 0.3) is 0 Å². The van der Waals surface area contributed by atoms with Gasteiger partial charge in [-0.25, -0.2) is 13.6 Å². The topological polar surface area (TPSA) is 55.4 Å². The van der Waals surface area contributed by atoms with E-state index in [9.17, 15) is 18.4 Å². The molecule has 0 radical (unpaired) electrons. The zero-order chi connectivity index (χ0) is 17.2. The summed E-state index contributed by atoms with van der Waals surface area (Å²) in [6.07, 6.45) is -0.619. The summed E-state index contributed by atoms with van der Waals surface area (Å²) in [5, 5.41) is 2.06. The summed E-state index contributed by atoms with van der Waals surface area (Å²) < 4.78 is 32.6. The van der Waals surface area contributed by atoms with E-state index in [4.69, 9.17) is 4.74 Å². The normalized spacial score (nSPS) is 21.9. The van der Waals surface area contributed by atoms with Crippen LogP contribution < -0.4 is 5.32 Å². The molecule has 1 fully saturated rings. The van der Waals surface area contributed by atoms with Gasteiger partial charge in [-0.2, -0.15) is 0 Å². The Morgan fingerprint density at radius 1 is 1.35 bits per heavy atom. The SMILES string of the molecule is CC(C)(C)OC(=O)N[C@@H]1CC(=O)CS[C@H]1c1cc(F)ccc1F. The van der Waals surface area contributed by atoms with Crippen LogP contribution in [-0.4, -0.2) is 29.3 Å². The highest BCUT2D eigenvalue weighted by Gasteiger charge is 2.35. The Balaban J connectivity index is 2.21. The predicted octanol–water partition coefficient (Wildman–Crippen LogP) is 3.61. The van der Waals surface area contributed by atoms with E-state index in [2.05, 4.69) is 5.32 Å². The van der Waals surface area contributed by atoms with E-state index in [0.717, 1.165) is 18.2 Å². The van der Waals surface area contributed by atoms with Crippen LogP contribution in [0.4, 0.5) is 13.6 Å². The van der Waals surface area contributed by atoms with Gasteiger partial charge < -0.3 is 10.1 Å². The van der Waals surface area contributed by atoms with Gasteiger partial charge in [-0.1, -0.05) is 0 Å². The molecule has 2 atom stereocenters. The molecule has 1 aromatic carbocycles. The lowest BCUT2D eigenvalue weighted by atomic mass is 9.99. The van der Waals surface area contributed by atoms with E-state index in [-0.39, 0.29) is 23.5 Å². The highest BCUT2D eigenvalue weighted by atomic mass is 32.2. The van der Waals surface area contributed by atoms with E-state index in [1.165, 1.54) is 11.8 Å². The number of thioether (sulfide) groups is 1. The molecule has 1 aromatic rings. The summed E-state index contributed by atoms with van der Waals surface area (Å²) in [6, 6.07) is 2.54. The van der Waals surface area contributed by atoms with Crippen LogP contribution >= 0.6 is 11.8 Å². The van der Waals surface area contributed by atoms with Gasteiger partial charge in [0.2, 0.25) is 0 Å². The number of nitrogens with one attached hydrogen (secondary N) is 1. The molecule has 0 bridgehead atoms. The Morgan fingerprint density at radius 2 is 2.04 bits per heavy atom. The average molecular weight is 343 g/mol. The monoisotopic (exact) mass is 343 g/mol. The third-order valence-electron chi connectivity index (χ3n) is 3.20. The first-order chi connectivity index (χ1) is 10.7. The van der Waals surface area contributed by atoms with Gasteiger partial charge in [-0.15, -0.1) is 11.8 Å². The highest BCUT2D eigenvalue weighted by Crippen LogP contribution is 2.39. The minimum absolute atomic E-state index is 0.0517. The van der Waals surface area contributed by atoms with Crippen molar-refractivity contribution in [1.29, 1.82) is 0 Å². The van der Waals surface area contributed by atoms with Crippen LogP contribution in [-0.2, 0) is 9.53 Å². The van der Waals surface area contributed by atoms with Gasteiger partial charge in [0.15, 0.2) is 0 Å². The Hall–Kier alpha value is -1.63. The van der Waals surface area contributed by atoms with Gasteiger partial charge in [0.1, 0.15) is 23.0 Å².